The second-order valence-corrected chi connectivity index (χ2v) is 13.6. The molecule has 1 saturated heterocycles. The summed E-state index contributed by atoms with van der Waals surface area (Å²) in [7, 11) is -3.61. The van der Waals surface area contributed by atoms with Gasteiger partial charge in [0.25, 0.3) is 5.91 Å². The van der Waals surface area contributed by atoms with E-state index in [1.807, 2.05) is 0 Å². The normalized spacial score (nSPS) is 18.8. The highest BCUT2D eigenvalue weighted by Gasteiger charge is 2.32. The van der Waals surface area contributed by atoms with Crippen molar-refractivity contribution in [3.05, 3.63) is 53.1 Å². The molecule has 2 atom stereocenters. The predicted molar refractivity (Wildman–Crippen MR) is 157 cm³/mol. The Bertz CT molecular complexity index is 1370. The number of carbonyl (C=O) groups is 1. The average molecular weight is 557 g/mol. The third-order valence-corrected chi connectivity index (χ3v) is 10.5. The second-order valence-electron chi connectivity index (χ2n) is 10.6. The van der Waals surface area contributed by atoms with Gasteiger partial charge in [0, 0.05) is 31.7 Å². The van der Waals surface area contributed by atoms with Gasteiger partial charge in [-0.25, -0.2) is 13.4 Å². The van der Waals surface area contributed by atoms with E-state index in [9.17, 15) is 13.2 Å². The lowest BCUT2D eigenvalue weighted by molar-refractivity contribution is 0.0983. The molecule has 4 rings (SSSR count). The number of rotatable bonds is 9. The van der Waals surface area contributed by atoms with Crippen LogP contribution in [0.25, 0.3) is 10.2 Å². The lowest BCUT2D eigenvalue weighted by Crippen LogP contribution is -2.42. The molecule has 2 aromatic carbocycles. The maximum Gasteiger partial charge on any atom is 0.260 e. The van der Waals surface area contributed by atoms with E-state index in [2.05, 4.69) is 58.6 Å². The number of sulfonamides is 1. The van der Waals surface area contributed by atoms with Gasteiger partial charge < -0.3 is 4.90 Å². The fourth-order valence-corrected chi connectivity index (χ4v) is 8.00. The third kappa shape index (κ3) is 5.96. The van der Waals surface area contributed by atoms with Crippen molar-refractivity contribution in [2.45, 2.75) is 52.9 Å². The molecule has 1 aliphatic heterocycles. The standard InChI is InChI=1S/C29H40N4O3S2/c1-7-31(8-2)15-16-33(29-30-27-23(6)22(5)9-14-26(27)37-29)28(34)24-10-12-25(13-11-24)38(35,36)32-18-20(3)17-21(4)19-32/h9-14,20-21H,7-8,15-19H2,1-6H3. The van der Waals surface area contributed by atoms with Crippen LogP contribution in [0, 0.1) is 25.7 Å². The zero-order valence-corrected chi connectivity index (χ0v) is 25.0. The van der Waals surface area contributed by atoms with Crippen LogP contribution in [0.2, 0.25) is 0 Å². The Balaban J connectivity index is 1.63. The summed E-state index contributed by atoms with van der Waals surface area (Å²) in [5.74, 6) is 0.486. The number of aryl methyl sites for hydroxylation is 2. The van der Waals surface area contributed by atoms with Crippen LogP contribution in [-0.4, -0.2) is 67.8 Å². The quantitative estimate of drug-likeness (QED) is 0.345. The van der Waals surface area contributed by atoms with Crippen molar-refractivity contribution in [3.8, 4) is 0 Å². The summed E-state index contributed by atoms with van der Waals surface area (Å²) in [6.45, 7) is 16.6. The Morgan fingerprint density at radius 2 is 1.63 bits per heavy atom. The van der Waals surface area contributed by atoms with Gasteiger partial charge >= 0.3 is 0 Å². The minimum Gasteiger partial charge on any atom is -0.302 e. The van der Waals surface area contributed by atoms with Crippen LogP contribution < -0.4 is 4.90 Å². The fourth-order valence-electron chi connectivity index (χ4n) is 5.27. The minimum atomic E-state index is -3.61. The number of carbonyl (C=O) groups excluding carboxylic acids is 1. The summed E-state index contributed by atoms with van der Waals surface area (Å²) in [6.07, 6.45) is 1.04. The SMILES string of the molecule is CCN(CC)CCN(C(=O)c1ccc(S(=O)(=O)N2CC(C)CC(C)C2)cc1)c1nc2c(C)c(C)ccc2s1. The third-order valence-electron chi connectivity index (χ3n) is 7.66. The molecule has 0 N–H and O–H groups in total. The van der Waals surface area contributed by atoms with Gasteiger partial charge in [-0.1, -0.05) is 45.1 Å². The van der Waals surface area contributed by atoms with Crippen LogP contribution in [0.1, 0.15) is 55.6 Å². The van der Waals surface area contributed by atoms with E-state index in [-0.39, 0.29) is 10.8 Å². The first-order valence-corrected chi connectivity index (χ1v) is 15.8. The summed E-state index contributed by atoms with van der Waals surface area (Å²) < 4.78 is 29.3. The molecule has 1 amide bonds. The maximum absolute atomic E-state index is 13.8. The van der Waals surface area contributed by atoms with Crippen molar-refractivity contribution in [1.82, 2.24) is 14.2 Å². The van der Waals surface area contributed by atoms with Crippen molar-refractivity contribution in [2.75, 3.05) is 44.2 Å². The van der Waals surface area contributed by atoms with E-state index in [0.29, 0.717) is 42.2 Å². The number of fused-ring (bicyclic) bond motifs is 1. The van der Waals surface area contributed by atoms with Gasteiger partial charge in [0.2, 0.25) is 10.0 Å². The lowest BCUT2D eigenvalue weighted by Gasteiger charge is -2.34. The Morgan fingerprint density at radius 3 is 2.24 bits per heavy atom. The first kappa shape index (κ1) is 28.7. The van der Waals surface area contributed by atoms with E-state index in [0.717, 1.165) is 41.8 Å². The van der Waals surface area contributed by atoms with E-state index >= 15 is 0 Å². The molecule has 3 aromatic rings. The first-order chi connectivity index (χ1) is 18.0. The number of thiazole rings is 1. The van der Waals surface area contributed by atoms with Crippen molar-refractivity contribution in [3.63, 3.8) is 0 Å². The Labute approximate surface area is 231 Å². The van der Waals surface area contributed by atoms with Crippen LogP contribution in [0.3, 0.4) is 0 Å². The van der Waals surface area contributed by atoms with Gasteiger partial charge in [0.1, 0.15) is 0 Å². The second kappa shape index (κ2) is 11.8. The molecule has 1 aromatic heterocycles. The van der Waals surface area contributed by atoms with Crippen LogP contribution >= 0.6 is 11.3 Å². The molecule has 0 spiro atoms. The molecule has 7 nitrogen and oxygen atoms in total. The molecule has 9 heteroatoms. The summed E-state index contributed by atoms with van der Waals surface area (Å²) in [5, 5.41) is 0.666. The number of likely N-dealkylation sites (N-methyl/N-ethyl adjacent to an activating group) is 1. The number of amides is 1. The highest BCUT2D eigenvalue weighted by Crippen LogP contribution is 2.33. The summed E-state index contributed by atoms with van der Waals surface area (Å²) in [6, 6.07) is 10.6. The lowest BCUT2D eigenvalue weighted by atomic mass is 9.94. The molecule has 1 aliphatic rings. The van der Waals surface area contributed by atoms with E-state index in [1.54, 1.807) is 33.5 Å². The smallest absolute Gasteiger partial charge is 0.260 e. The zero-order valence-electron chi connectivity index (χ0n) is 23.4. The number of piperidine rings is 1. The van der Waals surface area contributed by atoms with E-state index in [4.69, 9.17) is 4.98 Å². The molecule has 38 heavy (non-hydrogen) atoms. The molecular weight excluding hydrogens is 516 g/mol. The summed E-state index contributed by atoms with van der Waals surface area (Å²) >= 11 is 1.52. The molecule has 0 saturated carbocycles. The Kier molecular flexibility index (Phi) is 8.92. The summed E-state index contributed by atoms with van der Waals surface area (Å²) in [5.41, 5.74) is 3.68. The van der Waals surface area contributed by atoms with Crippen LogP contribution in [0.5, 0.6) is 0 Å². The van der Waals surface area contributed by atoms with Gasteiger partial charge in [-0.05, 0) is 86.7 Å². The zero-order chi connectivity index (χ0) is 27.6. The molecule has 0 aliphatic carbocycles. The molecule has 2 heterocycles. The Morgan fingerprint density at radius 1 is 1.00 bits per heavy atom. The number of aromatic nitrogens is 1. The molecule has 0 radical (unpaired) electrons. The van der Waals surface area contributed by atoms with Gasteiger partial charge in [0.05, 0.1) is 15.1 Å². The van der Waals surface area contributed by atoms with Gasteiger partial charge in [-0.3, -0.25) is 9.69 Å². The maximum atomic E-state index is 13.8. The molecule has 1 fully saturated rings. The number of hydrogen-bond donors (Lipinski definition) is 0. The van der Waals surface area contributed by atoms with E-state index < -0.39 is 10.0 Å². The minimum absolute atomic E-state index is 0.172. The van der Waals surface area contributed by atoms with Crippen molar-refractivity contribution in [2.24, 2.45) is 11.8 Å². The molecule has 0 bridgehead atoms. The molecule has 206 valence electrons. The van der Waals surface area contributed by atoms with Gasteiger partial charge in [-0.2, -0.15) is 4.31 Å². The van der Waals surface area contributed by atoms with Gasteiger partial charge in [0.15, 0.2) is 5.13 Å². The van der Waals surface area contributed by atoms with Crippen molar-refractivity contribution in [1.29, 1.82) is 0 Å². The fraction of sp³-hybridized carbons (Fsp3) is 0.517. The largest absolute Gasteiger partial charge is 0.302 e. The predicted octanol–water partition coefficient (Wildman–Crippen LogP) is 5.57. The average Bonchev–Trinajstić information content (AvgIpc) is 3.33. The van der Waals surface area contributed by atoms with Gasteiger partial charge in [-0.15, -0.1) is 0 Å². The molecule has 2 unspecified atom stereocenters. The highest BCUT2D eigenvalue weighted by atomic mass is 32.2. The van der Waals surface area contributed by atoms with Crippen LogP contribution in [0.15, 0.2) is 41.3 Å². The van der Waals surface area contributed by atoms with E-state index in [1.165, 1.54) is 16.9 Å². The van der Waals surface area contributed by atoms with Crippen LogP contribution in [0.4, 0.5) is 5.13 Å². The molecular formula is C29H40N4O3S2. The Hall–Kier alpha value is -2.33. The monoisotopic (exact) mass is 556 g/mol. The number of benzene rings is 2. The van der Waals surface area contributed by atoms with Crippen molar-refractivity contribution >= 4 is 42.6 Å². The topological polar surface area (TPSA) is 73.8 Å². The van der Waals surface area contributed by atoms with Crippen LogP contribution in [-0.2, 0) is 10.0 Å². The summed E-state index contributed by atoms with van der Waals surface area (Å²) in [4.78, 5) is 23.0. The van der Waals surface area contributed by atoms with Crippen molar-refractivity contribution < 1.29 is 13.2 Å². The highest BCUT2D eigenvalue weighted by molar-refractivity contribution is 7.89. The first-order valence-electron chi connectivity index (χ1n) is 13.6. The number of anilines is 1. The number of nitrogens with zero attached hydrogens (tertiary/aromatic N) is 4. The number of hydrogen-bond acceptors (Lipinski definition) is 6.